The first-order chi connectivity index (χ1) is 9.72. The van der Waals surface area contributed by atoms with Crippen molar-refractivity contribution in [2.45, 2.75) is 24.9 Å². The van der Waals surface area contributed by atoms with E-state index < -0.39 is 0 Å². The molecule has 1 heterocycles. The topological polar surface area (TPSA) is 41.1 Å². The summed E-state index contributed by atoms with van der Waals surface area (Å²) < 4.78 is 0.744. The van der Waals surface area contributed by atoms with E-state index in [0.717, 1.165) is 15.6 Å². The van der Waals surface area contributed by atoms with Gasteiger partial charge < -0.3 is 10.6 Å². The Morgan fingerprint density at radius 2 is 2.05 bits per heavy atom. The molecule has 3 rings (SSSR count). The standard InChI is InChI=1S/C15H15ClN2OS/c16-14-7-6-11(20-14)9-17-15(19)18-13-8-12(13)10-4-2-1-3-5-10/h1-7,12-13H,8-9H2,(H2,17,18,19)/t12-,13-/m1/s1. The van der Waals surface area contributed by atoms with Gasteiger partial charge in [-0.3, -0.25) is 0 Å². The Hall–Kier alpha value is -1.52. The first-order valence-corrected chi connectivity index (χ1v) is 7.75. The van der Waals surface area contributed by atoms with Gasteiger partial charge in [0.05, 0.1) is 10.9 Å². The molecule has 1 saturated carbocycles. The van der Waals surface area contributed by atoms with Crippen LogP contribution in [0.4, 0.5) is 4.79 Å². The van der Waals surface area contributed by atoms with Gasteiger partial charge in [-0.2, -0.15) is 0 Å². The second-order valence-corrected chi connectivity index (χ2v) is 6.69. The Morgan fingerprint density at radius 3 is 2.75 bits per heavy atom. The van der Waals surface area contributed by atoms with Gasteiger partial charge in [0.15, 0.2) is 0 Å². The van der Waals surface area contributed by atoms with Crippen molar-refractivity contribution in [3.8, 4) is 0 Å². The molecule has 0 unspecified atom stereocenters. The second-order valence-electron chi connectivity index (χ2n) is 4.89. The van der Waals surface area contributed by atoms with Crippen molar-refractivity contribution < 1.29 is 4.79 Å². The molecule has 2 aromatic rings. The lowest BCUT2D eigenvalue weighted by molar-refractivity contribution is 0.240. The number of halogens is 1. The van der Waals surface area contributed by atoms with Crippen LogP contribution in [0.3, 0.4) is 0 Å². The van der Waals surface area contributed by atoms with Crippen LogP contribution < -0.4 is 10.6 Å². The lowest BCUT2D eigenvalue weighted by Crippen LogP contribution is -2.36. The van der Waals surface area contributed by atoms with E-state index in [9.17, 15) is 4.79 Å². The molecule has 0 bridgehead atoms. The van der Waals surface area contributed by atoms with Crippen LogP contribution in [-0.4, -0.2) is 12.1 Å². The number of nitrogens with one attached hydrogen (secondary N) is 2. The van der Waals surface area contributed by atoms with Gasteiger partial charge in [-0.15, -0.1) is 11.3 Å². The fourth-order valence-corrected chi connectivity index (χ4v) is 3.28. The molecule has 1 aliphatic rings. The number of urea groups is 1. The third kappa shape index (κ3) is 3.32. The number of rotatable bonds is 4. The Bertz CT molecular complexity index is 599. The molecule has 3 nitrogen and oxygen atoms in total. The first kappa shape index (κ1) is 13.5. The van der Waals surface area contributed by atoms with Crippen LogP contribution in [0.5, 0.6) is 0 Å². The van der Waals surface area contributed by atoms with Crippen LogP contribution in [0.25, 0.3) is 0 Å². The summed E-state index contributed by atoms with van der Waals surface area (Å²) in [7, 11) is 0. The summed E-state index contributed by atoms with van der Waals surface area (Å²) in [5, 5.41) is 5.86. The Kier molecular flexibility index (Phi) is 3.94. The van der Waals surface area contributed by atoms with Crippen LogP contribution in [0, 0.1) is 0 Å². The summed E-state index contributed by atoms with van der Waals surface area (Å²) in [5.74, 6) is 0.457. The first-order valence-electron chi connectivity index (χ1n) is 6.56. The molecule has 2 N–H and O–H groups in total. The van der Waals surface area contributed by atoms with Crippen molar-refractivity contribution in [1.29, 1.82) is 0 Å². The van der Waals surface area contributed by atoms with E-state index in [1.807, 2.05) is 30.3 Å². The van der Waals surface area contributed by atoms with E-state index in [1.54, 1.807) is 0 Å². The van der Waals surface area contributed by atoms with Crippen LogP contribution in [-0.2, 0) is 6.54 Å². The van der Waals surface area contributed by atoms with Crippen molar-refractivity contribution in [3.63, 3.8) is 0 Å². The van der Waals surface area contributed by atoms with Crippen molar-refractivity contribution in [1.82, 2.24) is 10.6 Å². The van der Waals surface area contributed by atoms with Gasteiger partial charge in [-0.1, -0.05) is 41.9 Å². The molecule has 5 heteroatoms. The highest BCUT2D eigenvalue weighted by Crippen LogP contribution is 2.40. The van der Waals surface area contributed by atoms with E-state index in [2.05, 4.69) is 22.8 Å². The molecule has 1 aromatic heterocycles. The van der Waals surface area contributed by atoms with Crippen LogP contribution in [0.1, 0.15) is 22.8 Å². The third-order valence-electron chi connectivity index (χ3n) is 3.39. The SMILES string of the molecule is O=C(NCc1ccc(Cl)s1)N[C@@H]1C[C@@H]1c1ccccc1. The Balaban J connectivity index is 1.44. The fourth-order valence-electron chi connectivity index (χ4n) is 2.26. The summed E-state index contributed by atoms with van der Waals surface area (Å²) in [6, 6.07) is 14.2. The number of carbonyl (C=O) groups is 1. The van der Waals surface area contributed by atoms with Gasteiger partial charge in [0.25, 0.3) is 0 Å². The summed E-state index contributed by atoms with van der Waals surface area (Å²) in [5.41, 5.74) is 1.29. The average molecular weight is 307 g/mol. The summed E-state index contributed by atoms with van der Waals surface area (Å²) in [4.78, 5) is 12.9. The minimum absolute atomic E-state index is 0.113. The van der Waals surface area contributed by atoms with Crippen LogP contribution in [0.15, 0.2) is 42.5 Å². The molecule has 20 heavy (non-hydrogen) atoms. The minimum atomic E-state index is -0.113. The molecule has 1 aromatic carbocycles. The van der Waals surface area contributed by atoms with Crippen molar-refractivity contribution in [2.75, 3.05) is 0 Å². The van der Waals surface area contributed by atoms with Gasteiger partial charge in [0, 0.05) is 16.8 Å². The zero-order valence-electron chi connectivity index (χ0n) is 10.8. The summed E-state index contributed by atoms with van der Waals surface area (Å²) in [6.07, 6.45) is 1.02. The molecule has 0 spiro atoms. The fraction of sp³-hybridized carbons (Fsp3) is 0.267. The van der Waals surface area contributed by atoms with Crippen LogP contribution in [0.2, 0.25) is 4.34 Å². The number of hydrogen-bond acceptors (Lipinski definition) is 2. The number of benzene rings is 1. The molecule has 1 fully saturated rings. The zero-order valence-corrected chi connectivity index (χ0v) is 12.4. The molecule has 1 aliphatic carbocycles. The molecular formula is C15H15ClN2OS. The van der Waals surface area contributed by atoms with Gasteiger partial charge in [-0.25, -0.2) is 4.79 Å². The van der Waals surface area contributed by atoms with Crippen LogP contribution >= 0.6 is 22.9 Å². The smallest absolute Gasteiger partial charge is 0.315 e. The van der Waals surface area contributed by atoms with Gasteiger partial charge in [0.1, 0.15) is 0 Å². The predicted molar refractivity (Wildman–Crippen MR) is 82.3 cm³/mol. The molecule has 2 atom stereocenters. The molecule has 0 aliphatic heterocycles. The number of amides is 2. The highest BCUT2D eigenvalue weighted by molar-refractivity contribution is 7.16. The lowest BCUT2D eigenvalue weighted by atomic mass is 10.1. The average Bonchev–Trinajstić information content (AvgIpc) is 3.09. The highest BCUT2D eigenvalue weighted by Gasteiger charge is 2.39. The van der Waals surface area contributed by atoms with E-state index in [-0.39, 0.29) is 12.1 Å². The monoisotopic (exact) mass is 306 g/mol. The molecular weight excluding hydrogens is 292 g/mol. The van der Waals surface area contributed by atoms with E-state index in [1.165, 1.54) is 16.9 Å². The Labute approximate surface area is 127 Å². The lowest BCUT2D eigenvalue weighted by Gasteiger charge is -2.06. The zero-order chi connectivity index (χ0) is 13.9. The van der Waals surface area contributed by atoms with Gasteiger partial charge in [0.2, 0.25) is 0 Å². The maximum absolute atomic E-state index is 11.8. The number of carbonyl (C=O) groups excluding carboxylic acids is 1. The van der Waals surface area contributed by atoms with E-state index in [0.29, 0.717) is 12.5 Å². The maximum Gasteiger partial charge on any atom is 0.315 e. The molecule has 104 valence electrons. The highest BCUT2D eigenvalue weighted by atomic mass is 35.5. The van der Waals surface area contributed by atoms with Crippen molar-refractivity contribution in [2.24, 2.45) is 0 Å². The number of thiophene rings is 1. The van der Waals surface area contributed by atoms with E-state index in [4.69, 9.17) is 11.6 Å². The van der Waals surface area contributed by atoms with E-state index >= 15 is 0 Å². The van der Waals surface area contributed by atoms with Gasteiger partial charge in [-0.05, 0) is 24.1 Å². The molecule has 0 radical (unpaired) electrons. The number of hydrogen-bond donors (Lipinski definition) is 2. The Morgan fingerprint density at radius 1 is 1.25 bits per heavy atom. The van der Waals surface area contributed by atoms with Gasteiger partial charge >= 0.3 is 6.03 Å². The molecule has 0 saturated heterocycles. The minimum Gasteiger partial charge on any atom is -0.335 e. The van der Waals surface area contributed by atoms with Crippen molar-refractivity contribution >= 4 is 29.0 Å². The summed E-state index contributed by atoms with van der Waals surface area (Å²) >= 11 is 7.33. The third-order valence-corrected chi connectivity index (χ3v) is 4.62. The molecule has 2 amide bonds. The predicted octanol–water partition coefficient (Wildman–Crippen LogP) is 3.76. The largest absolute Gasteiger partial charge is 0.335 e. The quantitative estimate of drug-likeness (QED) is 0.887. The van der Waals surface area contributed by atoms with Crippen molar-refractivity contribution in [3.05, 3.63) is 57.2 Å². The maximum atomic E-state index is 11.8. The summed E-state index contributed by atoms with van der Waals surface area (Å²) in [6.45, 7) is 0.520. The normalized spacial score (nSPS) is 20.4. The second kappa shape index (κ2) is 5.85.